The first-order valence-corrected chi connectivity index (χ1v) is 6.97. The molecule has 7 nitrogen and oxygen atoms in total. The van der Waals surface area contributed by atoms with E-state index in [0.29, 0.717) is 5.82 Å². The van der Waals surface area contributed by atoms with Crippen LogP contribution >= 0.6 is 0 Å². The molecule has 8 heteroatoms. The molecule has 122 valence electrons. The standard InChI is InChI=1S/C15H18FN5O2/c1-9-7-13(21(2)20-9)19-14(22)8-12(18-15(17)23)10-5-3-4-6-11(10)16/h3-7,12H,8H2,1-2H3,(H,19,22)(H3,17,18,23)/t12-/m1/s1. The summed E-state index contributed by atoms with van der Waals surface area (Å²) in [6.07, 6.45) is -0.159. The SMILES string of the molecule is Cc1cc(NC(=O)C[C@@H](NC(N)=O)c2ccccc2F)n(C)n1. The number of halogens is 1. The zero-order valence-electron chi connectivity index (χ0n) is 12.8. The number of nitrogens with one attached hydrogen (secondary N) is 2. The molecule has 3 amide bonds. The molecule has 1 aromatic carbocycles. The lowest BCUT2D eigenvalue weighted by Gasteiger charge is -2.18. The molecule has 0 aliphatic heterocycles. The minimum atomic E-state index is -0.858. The van der Waals surface area contributed by atoms with Crippen molar-refractivity contribution in [2.45, 2.75) is 19.4 Å². The Kier molecular flexibility index (Phi) is 4.95. The summed E-state index contributed by atoms with van der Waals surface area (Å²) in [6.45, 7) is 1.80. The zero-order chi connectivity index (χ0) is 17.0. The van der Waals surface area contributed by atoms with Crippen molar-refractivity contribution < 1.29 is 14.0 Å². The number of rotatable bonds is 5. The maximum Gasteiger partial charge on any atom is 0.312 e. The van der Waals surface area contributed by atoms with Crippen molar-refractivity contribution in [3.05, 3.63) is 47.4 Å². The summed E-state index contributed by atoms with van der Waals surface area (Å²) in [7, 11) is 1.69. The van der Waals surface area contributed by atoms with E-state index in [1.807, 2.05) is 0 Å². The monoisotopic (exact) mass is 319 g/mol. The number of hydrogen-bond donors (Lipinski definition) is 3. The van der Waals surface area contributed by atoms with E-state index in [0.717, 1.165) is 5.69 Å². The van der Waals surface area contributed by atoms with Gasteiger partial charge in [-0.15, -0.1) is 0 Å². The van der Waals surface area contributed by atoms with Gasteiger partial charge in [-0.3, -0.25) is 9.48 Å². The smallest absolute Gasteiger partial charge is 0.312 e. The number of anilines is 1. The van der Waals surface area contributed by atoms with Crippen molar-refractivity contribution in [2.24, 2.45) is 12.8 Å². The second kappa shape index (κ2) is 6.91. The molecule has 1 atom stereocenters. The Morgan fingerprint density at radius 2 is 2.09 bits per heavy atom. The first kappa shape index (κ1) is 16.5. The van der Waals surface area contributed by atoms with E-state index in [4.69, 9.17) is 5.73 Å². The minimum absolute atomic E-state index is 0.159. The Bertz CT molecular complexity index is 728. The van der Waals surface area contributed by atoms with Crippen LogP contribution in [0.15, 0.2) is 30.3 Å². The number of nitrogens with two attached hydrogens (primary N) is 1. The van der Waals surface area contributed by atoms with Gasteiger partial charge in [-0.2, -0.15) is 5.10 Å². The van der Waals surface area contributed by atoms with Crippen LogP contribution in [0.1, 0.15) is 23.7 Å². The van der Waals surface area contributed by atoms with E-state index in [1.54, 1.807) is 26.1 Å². The fraction of sp³-hybridized carbons (Fsp3) is 0.267. The van der Waals surface area contributed by atoms with Gasteiger partial charge in [0.05, 0.1) is 18.2 Å². The molecule has 1 aromatic heterocycles. The topological polar surface area (TPSA) is 102 Å². The average molecular weight is 319 g/mol. The first-order valence-electron chi connectivity index (χ1n) is 6.97. The van der Waals surface area contributed by atoms with Gasteiger partial charge in [-0.25, -0.2) is 9.18 Å². The molecule has 4 N–H and O–H groups in total. The second-order valence-corrected chi connectivity index (χ2v) is 5.13. The first-order chi connectivity index (χ1) is 10.9. The molecule has 0 aliphatic carbocycles. The van der Waals surface area contributed by atoms with Gasteiger partial charge in [-0.1, -0.05) is 18.2 Å². The Labute approximate surface area is 132 Å². The van der Waals surface area contributed by atoms with Gasteiger partial charge in [-0.05, 0) is 13.0 Å². The fourth-order valence-corrected chi connectivity index (χ4v) is 2.28. The number of benzene rings is 1. The maximum atomic E-state index is 13.9. The van der Waals surface area contributed by atoms with Gasteiger partial charge in [0.25, 0.3) is 0 Å². The molecule has 0 spiro atoms. The number of carbonyl (C=O) groups is 2. The summed E-state index contributed by atoms with van der Waals surface area (Å²) in [5.74, 6) is -0.399. The second-order valence-electron chi connectivity index (χ2n) is 5.13. The Balaban J connectivity index is 2.14. The predicted molar refractivity (Wildman–Crippen MR) is 83.1 cm³/mol. The molecular formula is C15H18FN5O2. The van der Waals surface area contributed by atoms with E-state index in [-0.39, 0.29) is 12.0 Å². The van der Waals surface area contributed by atoms with Crippen LogP contribution in [0.4, 0.5) is 15.0 Å². The molecule has 0 saturated heterocycles. The number of urea groups is 1. The highest BCUT2D eigenvalue weighted by Gasteiger charge is 2.21. The van der Waals surface area contributed by atoms with Gasteiger partial charge < -0.3 is 16.4 Å². The quantitative estimate of drug-likeness (QED) is 0.780. The van der Waals surface area contributed by atoms with Crippen LogP contribution in [0, 0.1) is 12.7 Å². The average Bonchev–Trinajstić information content (AvgIpc) is 2.76. The largest absolute Gasteiger partial charge is 0.352 e. The Hall–Kier alpha value is -2.90. The molecule has 0 aliphatic rings. The molecule has 2 rings (SSSR count). The van der Waals surface area contributed by atoms with Crippen LogP contribution in [0.25, 0.3) is 0 Å². The lowest BCUT2D eigenvalue weighted by molar-refractivity contribution is -0.116. The molecule has 2 aromatic rings. The molecule has 0 saturated carbocycles. The number of hydrogen-bond acceptors (Lipinski definition) is 3. The van der Waals surface area contributed by atoms with E-state index < -0.39 is 23.8 Å². The maximum absolute atomic E-state index is 13.9. The lowest BCUT2D eigenvalue weighted by Crippen LogP contribution is -2.35. The highest BCUT2D eigenvalue weighted by atomic mass is 19.1. The Morgan fingerprint density at radius 1 is 1.39 bits per heavy atom. The molecule has 0 radical (unpaired) electrons. The van der Waals surface area contributed by atoms with Crippen molar-refractivity contribution in [3.8, 4) is 0 Å². The summed E-state index contributed by atoms with van der Waals surface area (Å²) < 4.78 is 15.4. The van der Waals surface area contributed by atoms with Crippen molar-refractivity contribution >= 4 is 17.8 Å². The summed E-state index contributed by atoms with van der Waals surface area (Å²) >= 11 is 0. The van der Waals surface area contributed by atoms with Crippen molar-refractivity contribution in [2.75, 3.05) is 5.32 Å². The third-order valence-electron chi connectivity index (χ3n) is 3.26. The van der Waals surface area contributed by atoms with Crippen LogP contribution < -0.4 is 16.4 Å². The van der Waals surface area contributed by atoms with Gasteiger partial charge in [0.1, 0.15) is 11.6 Å². The van der Waals surface area contributed by atoms with Crippen molar-refractivity contribution in [1.82, 2.24) is 15.1 Å². The minimum Gasteiger partial charge on any atom is -0.352 e. The van der Waals surface area contributed by atoms with Crippen LogP contribution in [-0.4, -0.2) is 21.7 Å². The number of amides is 3. The molecular weight excluding hydrogens is 301 g/mol. The highest BCUT2D eigenvalue weighted by molar-refractivity contribution is 5.90. The molecule has 0 unspecified atom stereocenters. The van der Waals surface area contributed by atoms with Gasteiger partial charge >= 0.3 is 6.03 Å². The normalized spacial score (nSPS) is 11.8. The molecule has 1 heterocycles. The van der Waals surface area contributed by atoms with E-state index in [9.17, 15) is 14.0 Å². The predicted octanol–water partition coefficient (Wildman–Crippen LogP) is 1.61. The van der Waals surface area contributed by atoms with E-state index in [2.05, 4.69) is 15.7 Å². The van der Waals surface area contributed by atoms with Gasteiger partial charge in [0.15, 0.2) is 0 Å². The third-order valence-corrected chi connectivity index (χ3v) is 3.26. The number of aromatic nitrogens is 2. The summed E-state index contributed by atoms with van der Waals surface area (Å²) in [5, 5.41) is 9.18. The zero-order valence-corrected chi connectivity index (χ0v) is 12.8. The van der Waals surface area contributed by atoms with Crippen molar-refractivity contribution in [1.29, 1.82) is 0 Å². The van der Waals surface area contributed by atoms with Crippen LogP contribution in [0.2, 0.25) is 0 Å². The summed E-state index contributed by atoms with van der Waals surface area (Å²) in [5.41, 5.74) is 6.07. The number of nitrogens with zero attached hydrogens (tertiary/aromatic N) is 2. The van der Waals surface area contributed by atoms with E-state index in [1.165, 1.54) is 22.9 Å². The van der Waals surface area contributed by atoms with Gasteiger partial charge in [0, 0.05) is 18.7 Å². The van der Waals surface area contributed by atoms with Crippen molar-refractivity contribution in [3.63, 3.8) is 0 Å². The highest BCUT2D eigenvalue weighted by Crippen LogP contribution is 2.21. The lowest BCUT2D eigenvalue weighted by atomic mass is 10.0. The van der Waals surface area contributed by atoms with Crippen LogP contribution in [0.5, 0.6) is 0 Å². The summed E-state index contributed by atoms with van der Waals surface area (Å²) in [6, 6.07) is 5.92. The van der Waals surface area contributed by atoms with E-state index >= 15 is 0 Å². The number of primary amides is 1. The van der Waals surface area contributed by atoms with Gasteiger partial charge in [0.2, 0.25) is 5.91 Å². The van der Waals surface area contributed by atoms with Crippen LogP contribution in [0.3, 0.4) is 0 Å². The number of carbonyl (C=O) groups excluding carboxylic acids is 2. The molecule has 0 bridgehead atoms. The Morgan fingerprint density at radius 3 is 2.65 bits per heavy atom. The van der Waals surface area contributed by atoms with Crippen LogP contribution in [-0.2, 0) is 11.8 Å². The fourth-order valence-electron chi connectivity index (χ4n) is 2.28. The summed E-state index contributed by atoms with van der Waals surface area (Å²) in [4.78, 5) is 23.3. The number of aryl methyl sites for hydroxylation is 2. The molecule has 23 heavy (non-hydrogen) atoms. The molecule has 0 fully saturated rings. The third kappa shape index (κ3) is 4.29.